The number of nitrogens with zero attached hydrogens (tertiary/aromatic N) is 5. The van der Waals surface area contributed by atoms with Crippen molar-refractivity contribution in [3.05, 3.63) is 48.0 Å². The number of rotatable bonds is 2. The second-order valence-electron chi connectivity index (χ2n) is 7.28. The van der Waals surface area contributed by atoms with Gasteiger partial charge >= 0.3 is 6.03 Å². The lowest BCUT2D eigenvalue weighted by molar-refractivity contribution is 0.255. The zero-order valence-electron chi connectivity index (χ0n) is 15.8. The Morgan fingerprint density at radius 3 is 2.93 bits per heavy atom. The van der Waals surface area contributed by atoms with E-state index in [0.29, 0.717) is 11.5 Å². The highest BCUT2D eigenvalue weighted by Crippen LogP contribution is 2.40. The van der Waals surface area contributed by atoms with Crippen LogP contribution >= 0.6 is 0 Å². The third kappa shape index (κ3) is 2.60. The maximum Gasteiger partial charge on any atom is 0.327 e. The molecule has 2 N–H and O–H groups in total. The molecule has 2 bridgehead atoms. The summed E-state index contributed by atoms with van der Waals surface area (Å²) in [6, 6.07) is 7.65. The van der Waals surface area contributed by atoms with E-state index >= 15 is 0 Å². The molecule has 3 aromatic rings. The van der Waals surface area contributed by atoms with Gasteiger partial charge in [0.05, 0.1) is 35.0 Å². The van der Waals surface area contributed by atoms with Crippen molar-refractivity contribution in [2.75, 3.05) is 28.2 Å². The normalized spacial score (nSPS) is 17.6. The quantitative estimate of drug-likeness (QED) is 0.718. The Kier molecular flexibility index (Phi) is 3.78. The summed E-state index contributed by atoms with van der Waals surface area (Å²) in [4.78, 5) is 26.3. The molecule has 1 fully saturated rings. The number of pyridine rings is 2. The first-order valence-electron chi connectivity index (χ1n) is 9.40. The molecule has 8 heteroatoms. The van der Waals surface area contributed by atoms with Gasteiger partial charge in [0.2, 0.25) is 0 Å². The summed E-state index contributed by atoms with van der Waals surface area (Å²) in [5.74, 6) is 0.702. The van der Waals surface area contributed by atoms with Crippen LogP contribution in [0.2, 0.25) is 0 Å². The van der Waals surface area contributed by atoms with Crippen LogP contribution in [-0.4, -0.2) is 45.3 Å². The van der Waals surface area contributed by atoms with Gasteiger partial charge in [-0.1, -0.05) is 0 Å². The lowest BCUT2D eigenvalue weighted by Crippen LogP contribution is -2.48. The van der Waals surface area contributed by atoms with Crippen molar-refractivity contribution in [2.45, 2.75) is 26.3 Å². The van der Waals surface area contributed by atoms with E-state index in [-0.39, 0.29) is 12.1 Å². The van der Waals surface area contributed by atoms with E-state index in [0.717, 1.165) is 47.8 Å². The SMILES string of the molecule is Cc1n[nH]c(C)c1-c1ccc2c(n1)N(C(=O)Nc1cccnc1)[C@H]1CCN2C1. The molecule has 0 radical (unpaired) electrons. The van der Waals surface area contributed by atoms with Crippen LogP contribution in [0.1, 0.15) is 17.8 Å². The second-order valence-corrected chi connectivity index (χ2v) is 7.28. The van der Waals surface area contributed by atoms with E-state index in [4.69, 9.17) is 4.98 Å². The Labute approximate surface area is 162 Å². The summed E-state index contributed by atoms with van der Waals surface area (Å²) in [5.41, 5.74) is 5.35. The first kappa shape index (κ1) is 16.7. The Balaban J connectivity index is 1.57. The minimum absolute atomic E-state index is 0.110. The van der Waals surface area contributed by atoms with Crippen LogP contribution in [0.15, 0.2) is 36.7 Å². The fraction of sp³-hybridized carbons (Fsp3) is 0.300. The van der Waals surface area contributed by atoms with E-state index in [1.54, 1.807) is 23.4 Å². The smallest absolute Gasteiger partial charge is 0.327 e. The van der Waals surface area contributed by atoms with Crippen LogP contribution in [0, 0.1) is 13.8 Å². The highest BCUT2D eigenvalue weighted by atomic mass is 16.2. The lowest BCUT2D eigenvalue weighted by atomic mass is 10.1. The van der Waals surface area contributed by atoms with Crippen molar-refractivity contribution in [3.63, 3.8) is 0 Å². The summed E-state index contributed by atoms with van der Waals surface area (Å²) < 4.78 is 0. The van der Waals surface area contributed by atoms with E-state index in [9.17, 15) is 4.79 Å². The average molecular weight is 375 g/mol. The minimum Gasteiger partial charge on any atom is -0.366 e. The number of aryl methyl sites for hydroxylation is 2. The number of fused-ring (bicyclic) bond motifs is 4. The third-order valence-electron chi connectivity index (χ3n) is 5.47. The molecule has 0 aliphatic carbocycles. The molecule has 28 heavy (non-hydrogen) atoms. The van der Waals surface area contributed by atoms with E-state index in [2.05, 4.69) is 31.5 Å². The van der Waals surface area contributed by atoms with Crippen LogP contribution in [0.3, 0.4) is 0 Å². The molecular formula is C20H21N7O. The second kappa shape index (κ2) is 6.33. The molecular weight excluding hydrogens is 354 g/mol. The summed E-state index contributed by atoms with van der Waals surface area (Å²) >= 11 is 0. The van der Waals surface area contributed by atoms with Gasteiger partial charge in [0.1, 0.15) is 0 Å². The van der Waals surface area contributed by atoms with Crippen LogP contribution in [0.25, 0.3) is 11.3 Å². The molecule has 5 heterocycles. The Morgan fingerprint density at radius 2 is 2.18 bits per heavy atom. The highest BCUT2D eigenvalue weighted by Gasteiger charge is 2.40. The number of aromatic amines is 1. The number of hydrogen-bond acceptors (Lipinski definition) is 5. The predicted molar refractivity (Wildman–Crippen MR) is 108 cm³/mol. The standard InChI is InChI=1S/C20H21N7O/c1-12-18(13(2)25-24-12)16-5-6-17-19(23-16)27(15-7-9-26(17)11-15)20(28)22-14-4-3-8-21-10-14/h3-6,8,10,15H,7,9,11H2,1-2H3,(H,22,28)(H,24,25)/t15-/m0/s1. The van der Waals surface area contributed by atoms with Gasteiger partial charge in [-0.3, -0.25) is 15.0 Å². The summed E-state index contributed by atoms with van der Waals surface area (Å²) in [7, 11) is 0. The van der Waals surface area contributed by atoms with Gasteiger partial charge in [0, 0.05) is 30.5 Å². The number of amides is 2. The van der Waals surface area contributed by atoms with Crippen LogP contribution in [-0.2, 0) is 0 Å². The number of hydrogen-bond donors (Lipinski definition) is 2. The van der Waals surface area contributed by atoms with Gasteiger partial charge in [-0.25, -0.2) is 9.78 Å². The van der Waals surface area contributed by atoms with Gasteiger partial charge in [0.25, 0.3) is 0 Å². The predicted octanol–water partition coefficient (Wildman–Crippen LogP) is 3.11. The molecule has 2 aliphatic heterocycles. The van der Waals surface area contributed by atoms with E-state index in [1.807, 2.05) is 26.0 Å². The van der Waals surface area contributed by atoms with Crippen LogP contribution < -0.4 is 15.1 Å². The molecule has 2 amide bonds. The molecule has 0 aromatic carbocycles. The average Bonchev–Trinajstić information content (AvgIpc) is 3.26. The van der Waals surface area contributed by atoms with Gasteiger partial charge in [-0.05, 0) is 44.5 Å². The molecule has 3 aromatic heterocycles. The number of H-pyrrole nitrogens is 1. The number of aromatic nitrogens is 4. The Morgan fingerprint density at radius 1 is 1.29 bits per heavy atom. The van der Waals surface area contributed by atoms with Crippen LogP contribution in [0.4, 0.5) is 22.0 Å². The monoisotopic (exact) mass is 375 g/mol. The fourth-order valence-electron chi connectivity index (χ4n) is 4.16. The fourth-order valence-corrected chi connectivity index (χ4v) is 4.16. The first-order valence-corrected chi connectivity index (χ1v) is 9.40. The number of urea groups is 1. The van der Waals surface area contributed by atoms with Crippen molar-refractivity contribution in [3.8, 4) is 11.3 Å². The number of carbonyl (C=O) groups excluding carboxylic acids is 1. The zero-order chi connectivity index (χ0) is 19.3. The molecule has 0 saturated carbocycles. The topological polar surface area (TPSA) is 90.0 Å². The number of nitrogens with one attached hydrogen (secondary N) is 2. The largest absolute Gasteiger partial charge is 0.366 e. The van der Waals surface area contributed by atoms with E-state index < -0.39 is 0 Å². The van der Waals surface area contributed by atoms with Crippen molar-refractivity contribution >= 4 is 23.2 Å². The maximum absolute atomic E-state index is 13.2. The van der Waals surface area contributed by atoms with Gasteiger partial charge in [0.15, 0.2) is 5.82 Å². The molecule has 0 spiro atoms. The Bertz CT molecular complexity index is 1030. The molecule has 1 saturated heterocycles. The van der Waals surface area contributed by atoms with Crippen molar-refractivity contribution in [2.24, 2.45) is 0 Å². The number of carbonyl (C=O) groups is 1. The molecule has 5 rings (SSSR count). The van der Waals surface area contributed by atoms with Gasteiger partial charge in [-0.2, -0.15) is 5.10 Å². The minimum atomic E-state index is -0.175. The highest BCUT2D eigenvalue weighted by molar-refractivity contribution is 6.04. The zero-order valence-corrected chi connectivity index (χ0v) is 15.8. The third-order valence-corrected chi connectivity index (χ3v) is 5.47. The number of anilines is 3. The first-order chi connectivity index (χ1) is 13.6. The summed E-state index contributed by atoms with van der Waals surface area (Å²) in [6.45, 7) is 5.70. The van der Waals surface area contributed by atoms with Crippen molar-refractivity contribution < 1.29 is 4.79 Å². The van der Waals surface area contributed by atoms with Crippen molar-refractivity contribution in [1.29, 1.82) is 0 Å². The molecule has 8 nitrogen and oxygen atoms in total. The lowest BCUT2D eigenvalue weighted by Gasteiger charge is -2.35. The van der Waals surface area contributed by atoms with Gasteiger partial charge in [-0.15, -0.1) is 0 Å². The summed E-state index contributed by atoms with van der Waals surface area (Å²) in [6.07, 6.45) is 4.26. The molecule has 0 unspecified atom stereocenters. The molecule has 1 atom stereocenters. The maximum atomic E-state index is 13.2. The van der Waals surface area contributed by atoms with Gasteiger partial charge < -0.3 is 10.2 Å². The molecule has 142 valence electrons. The van der Waals surface area contributed by atoms with Crippen LogP contribution in [0.5, 0.6) is 0 Å². The van der Waals surface area contributed by atoms with Crippen molar-refractivity contribution in [1.82, 2.24) is 20.2 Å². The van der Waals surface area contributed by atoms with E-state index in [1.165, 1.54) is 0 Å². The Hall–Kier alpha value is -3.42. The summed E-state index contributed by atoms with van der Waals surface area (Å²) in [5, 5.41) is 10.3. The molecule has 2 aliphatic rings.